The van der Waals surface area contributed by atoms with Crippen molar-refractivity contribution in [3.8, 4) is 0 Å². The van der Waals surface area contributed by atoms with Gasteiger partial charge in [0.1, 0.15) is 5.60 Å². The van der Waals surface area contributed by atoms with E-state index in [0.717, 1.165) is 13.1 Å². The minimum Gasteiger partial charge on any atom is -0.444 e. The van der Waals surface area contributed by atoms with E-state index in [2.05, 4.69) is 17.1 Å². The van der Waals surface area contributed by atoms with Crippen molar-refractivity contribution in [1.82, 2.24) is 15.1 Å². The number of nitrogens with zero attached hydrogens (tertiary/aromatic N) is 2. The third-order valence-electron chi connectivity index (χ3n) is 3.24. The summed E-state index contributed by atoms with van der Waals surface area (Å²) in [6, 6.07) is 0. The molecule has 0 aliphatic carbocycles. The minimum atomic E-state index is -0.491. The van der Waals surface area contributed by atoms with Crippen molar-refractivity contribution in [2.24, 2.45) is 5.92 Å². The van der Waals surface area contributed by atoms with E-state index in [-0.39, 0.29) is 19.3 Å². The van der Waals surface area contributed by atoms with Gasteiger partial charge in [-0.25, -0.2) is 4.79 Å². The largest absolute Gasteiger partial charge is 0.444 e. The van der Waals surface area contributed by atoms with Gasteiger partial charge in [-0.2, -0.15) is 0 Å². The van der Waals surface area contributed by atoms with Crippen molar-refractivity contribution in [2.45, 2.75) is 33.3 Å². The van der Waals surface area contributed by atoms with Gasteiger partial charge in [0.05, 0.1) is 5.92 Å². The van der Waals surface area contributed by atoms with Gasteiger partial charge >= 0.3 is 6.09 Å². The molecule has 0 unspecified atom stereocenters. The highest BCUT2D eigenvalue weighted by atomic mass is 16.6. The lowest BCUT2D eigenvalue weighted by atomic mass is 10.00. The zero-order valence-electron chi connectivity index (χ0n) is 13.2. The molecule has 0 aromatic rings. The first kappa shape index (κ1) is 16.8. The molecule has 1 saturated heterocycles. The van der Waals surface area contributed by atoms with Crippen molar-refractivity contribution in [1.29, 1.82) is 0 Å². The van der Waals surface area contributed by atoms with E-state index in [4.69, 9.17) is 4.74 Å². The summed E-state index contributed by atoms with van der Waals surface area (Å²) in [5.74, 6) is -0.0798. The molecule has 6 nitrogen and oxygen atoms in total. The topological polar surface area (TPSA) is 61.9 Å². The molecule has 1 fully saturated rings. The molecule has 1 rings (SSSR count). The number of likely N-dealkylation sites (N-methyl/N-ethyl adjacent to an activating group) is 1. The fourth-order valence-electron chi connectivity index (χ4n) is 1.79. The summed E-state index contributed by atoms with van der Waals surface area (Å²) in [7, 11) is 2.01. The Morgan fingerprint density at radius 1 is 1.40 bits per heavy atom. The van der Waals surface area contributed by atoms with Gasteiger partial charge in [-0.3, -0.25) is 4.79 Å². The number of likely N-dealkylation sites (tertiary alicyclic amines) is 1. The first-order chi connectivity index (χ1) is 9.23. The maximum absolute atomic E-state index is 11.8. The second-order valence-electron chi connectivity index (χ2n) is 6.27. The molecule has 0 spiro atoms. The number of rotatable bonds is 5. The first-order valence-electron chi connectivity index (χ1n) is 7.17. The van der Waals surface area contributed by atoms with Crippen LogP contribution in [-0.2, 0) is 9.53 Å². The normalized spacial score (nSPS) is 16.0. The number of amides is 2. The molecular formula is C14H29N3O3. The van der Waals surface area contributed by atoms with Crippen molar-refractivity contribution in [3.63, 3.8) is 0 Å². The Kier molecular flexibility index (Phi) is 5.80. The predicted octanol–water partition coefficient (Wildman–Crippen LogP) is 1.17. The number of carbonyl (C=O) groups is 2. The standard InChI is InChI=1S/C14H27N3O3.H2/c1-6-16(5)8-7-15-12(18)11-9-17(10-11)13(19)20-14(2,3)4;/h11H,6-10H2,1-5H3,(H,15,18);1H. The average molecular weight is 287 g/mol. The van der Waals surface area contributed by atoms with Crippen molar-refractivity contribution >= 4 is 12.0 Å². The van der Waals surface area contributed by atoms with Gasteiger partial charge in [0, 0.05) is 27.6 Å². The second-order valence-corrected chi connectivity index (χ2v) is 6.27. The summed E-state index contributed by atoms with van der Waals surface area (Å²) >= 11 is 0. The molecule has 0 aromatic heterocycles. The van der Waals surface area contributed by atoms with Crippen LogP contribution in [0.2, 0.25) is 0 Å². The molecule has 20 heavy (non-hydrogen) atoms. The monoisotopic (exact) mass is 287 g/mol. The van der Waals surface area contributed by atoms with Gasteiger partial charge in [0.15, 0.2) is 0 Å². The summed E-state index contributed by atoms with van der Waals surface area (Å²) < 4.78 is 5.25. The maximum atomic E-state index is 11.8. The fraction of sp³-hybridized carbons (Fsp3) is 0.857. The molecule has 1 N–H and O–H groups in total. The van der Waals surface area contributed by atoms with Gasteiger partial charge < -0.3 is 19.9 Å². The van der Waals surface area contributed by atoms with Crippen LogP contribution in [0.15, 0.2) is 0 Å². The zero-order chi connectivity index (χ0) is 15.3. The number of nitrogens with one attached hydrogen (secondary N) is 1. The third-order valence-corrected chi connectivity index (χ3v) is 3.24. The quantitative estimate of drug-likeness (QED) is 0.824. The van der Waals surface area contributed by atoms with Crippen LogP contribution in [0.25, 0.3) is 0 Å². The molecule has 0 atom stereocenters. The number of ether oxygens (including phenoxy) is 1. The summed E-state index contributed by atoms with van der Waals surface area (Å²) in [6.07, 6.45) is -0.340. The SMILES string of the molecule is CCN(C)CCNC(=O)C1CN(C(=O)OC(C)(C)C)C1.[HH]. The van der Waals surface area contributed by atoms with E-state index in [1.54, 1.807) is 4.90 Å². The Bertz CT molecular complexity index is 352. The number of hydrogen-bond donors (Lipinski definition) is 1. The lowest BCUT2D eigenvalue weighted by Crippen LogP contribution is -2.57. The van der Waals surface area contributed by atoms with Gasteiger partial charge in [-0.1, -0.05) is 6.92 Å². The van der Waals surface area contributed by atoms with E-state index in [1.807, 2.05) is 27.8 Å². The van der Waals surface area contributed by atoms with Crippen LogP contribution < -0.4 is 5.32 Å². The van der Waals surface area contributed by atoms with Crippen LogP contribution in [0.4, 0.5) is 4.79 Å². The molecular weight excluding hydrogens is 258 g/mol. The summed E-state index contributed by atoms with van der Waals surface area (Å²) in [4.78, 5) is 27.3. The maximum Gasteiger partial charge on any atom is 0.410 e. The Labute approximate surface area is 122 Å². The molecule has 0 aromatic carbocycles. The molecule has 0 radical (unpaired) electrons. The van der Waals surface area contributed by atoms with E-state index >= 15 is 0 Å². The number of carbonyl (C=O) groups excluding carboxylic acids is 2. The van der Waals surface area contributed by atoms with Crippen LogP contribution in [-0.4, -0.2) is 67.2 Å². The highest BCUT2D eigenvalue weighted by Crippen LogP contribution is 2.19. The molecule has 6 heteroatoms. The first-order valence-corrected chi connectivity index (χ1v) is 7.17. The van der Waals surface area contributed by atoms with E-state index < -0.39 is 5.60 Å². The van der Waals surface area contributed by atoms with E-state index in [0.29, 0.717) is 19.6 Å². The van der Waals surface area contributed by atoms with E-state index in [9.17, 15) is 9.59 Å². The predicted molar refractivity (Wildman–Crippen MR) is 79.6 cm³/mol. The smallest absolute Gasteiger partial charge is 0.410 e. The molecule has 1 heterocycles. The van der Waals surface area contributed by atoms with Gasteiger partial charge in [0.25, 0.3) is 0 Å². The van der Waals surface area contributed by atoms with Crippen LogP contribution in [0.3, 0.4) is 0 Å². The van der Waals surface area contributed by atoms with Crippen LogP contribution in [0.5, 0.6) is 0 Å². The highest BCUT2D eigenvalue weighted by molar-refractivity contribution is 5.82. The molecule has 1 aliphatic rings. The molecule has 0 saturated carbocycles. The van der Waals surface area contributed by atoms with E-state index in [1.165, 1.54) is 0 Å². The van der Waals surface area contributed by atoms with Crippen molar-refractivity contribution in [3.05, 3.63) is 0 Å². The molecule has 118 valence electrons. The second kappa shape index (κ2) is 6.92. The van der Waals surface area contributed by atoms with Gasteiger partial charge in [-0.05, 0) is 34.4 Å². The third kappa shape index (κ3) is 5.36. The van der Waals surface area contributed by atoms with Crippen molar-refractivity contribution < 1.29 is 15.8 Å². The molecule has 1 aliphatic heterocycles. The molecule has 2 amide bonds. The minimum absolute atomic E-state index is 0. The lowest BCUT2D eigenvalue weighted by Gasteiger charge is -2.38. The Morgan fingerprint density at radius 2 is 2.00 bits per heavy atom. The zero-order valence-corrected chi connectivity index (χ0v) is 13.2. The van der Waals surface area contributed by atoms with Gasteiger partial charge in [-0.15, -0.1) is 0 Å². The van der Waals surface area contributed by atoms with Crippen LogP contribution in [0.1, 0.15) is 29.1 Å². The van der Waals surface area contributed by atoms with Crippen LogP contribution >= 0.6 is 0 Å². The lowest BCUT2D eigenvalue weighted by molar-refractivity contribution is -0.129. The summed E-state index contributed by atoms with van der Waals surface area (Å²) in [6.45, 7) is 10.9. The summed E-state index contributed by atoms with van der Waals surface area (Å²) in [5.41, 5.74) is -0.491. The van der Waals surface area contributed by atoms with Crippen LogP contribution in [0, 0.1) is 5.92 Å². The summed E-state index contributed by atoms with van der Waals surface area (Å²) in [5, 5.41) is 2.90. The number of hydrogen-bond acceptors (Lipinski definition) is 4. The Morgan fingerprint density at radius 3 is 2.50 bits per heavy atom. The average Bonchev–Trinajstić information content (AvgIpc) is 2.24. The highest BCUT2D eigenvalue weighted by Gasteiger charge is 2.37. The van der Waals surface area contributed by atoms with Gasteiger partial charge in [0.2, 0.25) is 5.91 Å². The Hall–Kier alpha value is -1.30. The fourth-order valence-corrected chi connectivity index (χ4v) is 1.79. The Balaban J connectivity index is 0.00000400. The van der Waals surface area contributed by atoms with Crippen molar-refractivity contribution in [2.75, 3.05) is 39.8 Å². The molecule has 0 bridgehead atoms.